The Morgan fingerprint density at radius 2 is 2.21 bits per heavy atom. The largest absolute Gasteiger partial charge is 0.312 e. The Kier molecular flexibility index (Phi) is 3.92. The fourth-order valence-electron chi connectivity index (χ4n) is 2.47. The number of aromatic nitrogens is 1. The Morgan fingerprint density at radius 1 is 1.37 bits per heavy atom. The third-order valence-electron chi connectivity index (χ3n) is 3.41. The van der Waals surface area contributed by atoms with Crippen molar-refractivity contribution < 1.29 is 0 Å². The van der Waals surface area contributed by atoms with Gasteiger partial charge in [-0.25, -0.2) is 4.98 Å². The van der Waals surface area contributed by atoms with E-state index in [1.54, 1.807) is 0 Å². The number of nitrogens with one attached hydrogen (secondary N) is 1. The topological polar surface area (TPSA) is 28.2 Å². The van der Waals surface area contributed by atoms with E-state index in [0.717, 1.165) is 31.2 Å². The van der Waals surface area contributed by atoms with E-state index in [-0.39, 0.29) is 0 Å². The Labute approximate surface area is 118 Å². The third-order valence-corrected chi connectivity index (χ3v) is 4.44. The summed E-state index contributed by atoms with van der Waals surface area (Å²) >= 11 is 1.81. The fourth-order valence-corrected chi connectivity index (χ4v) is 3.43. The number of benzene rings is 1. The van der Waals surface area contributed by atoms with E-state index in [2.05, 4.69) is 46.4 Å². The molecule has 100 valence electrons. The van der Waals surface area contributed by atoms with Gasteiger partial charge < -0.3 is 5.32 Å². The van der Waals surface area contributed by atoms with Crippen molar-refractivity contribution in [3.05, 3.63) is 41.4 Å². The lowest BCUT2D eigenvalue weighted by molar-refractivity contribution is 0.201. The SMILES string of the molecule is C[C@H]1CN(Cc2cnc(-c3ccccc3)s2)CCN1. The summed E-state index contributed by atoms with van der Waals surface area (Å²) in [4.78, 5) is 8.41. The summed E-state index contributed by atoms with van der Waals surface area (Å²) in [6.45, 7) is 6.61. The average Bonchev–Trinajstić information content (AvgIpc) is 2.88. The number of nitrogens with zero attached hydrogens (tertiary/aromatic N) is 2. The van der Waals surface area contributed by atoms with Gasteiger partial charge in [0.05, 0.1) is 0 Å². The van der Waals surface area contributed by atoms with E-state index in [0.29, 0.717) is 6.04 Å². The molecule has 3 rings (SSSR count). The highest BCUT2D eigenvalue weighted by atomic mass is 32.1. The van der Waals surface area contributed by atoms with Gasteiger partial charge >= 0.3 is 0 Å². The van der Waals surface area contributed by atoms with Gasteiger partial charge in [-0.15, -0.1) is 11.3 Å². The van der Waals surface area contributed by atoms with Crippen LogP contribution in [0.5, 0.6) is 0 Å². The minimum atomic E-state index is 0.593. The van der Waals surface area contributed by atoms with E-state index in [9.17, 15) is 0 Å². The van der Waals surface area contributed by atoms with Crippen molar-refractivity contribution in [3.8, 4) is 10.6 Å². The van der Waals surface area contributed by atoms with E-state index >= 15 is 0 Å². The number of thiazole rings is 1. The first-order chi connectivity index (χ1) is 9.31. The van der Waals surface area contributed by atoms with Gasteiger partial charge in [-0.05, 0) is 6.92 Å². The van der Waals surface area contributed by atoms with Gasteiger partial charge in [0.2, 0.25) is 0 Å². The summed E-state index contributed by atoms with van der Waals surface area (Å²) in [7, 11) is 0. The minimum absolute atomic E-state index is 0.593. The average molecular weight is 273 g/mol. The molecule has 1 N–H and O–H groups in total. The van der Waals surface area contributed by atoms with Crippen molar-refractivity contribution in [1.82, 2.24) is 15.2 Å². The molecule has 1 aliphatic rings. The molecular weight excluding hydrogens is 254 g/mol. The molecule has 0 unspecified atom stereocenters. The van der Waals surface area contributed by atoms with Crippen LogP contribution in [0.25, 0.3) is 10.6 Å². The molecule has 1 saturated heterocycles. The van der Waals surface area contributed by atoms with Crippen molar-refractivity contribution in [2.75, 3.05) is 19.6 Å². The molecule has 4 heteroatoms. The van der Waals surface area contributed by atoms with Gasteiger partial charge in [-0.2, -0.15) is 0 Å². The number of rotatable bonds is 3. The van der Waals surface area contributed by atoms with Crippen molar-refractivity contribution in [1.29, 1.82) is 0 Å². The maximum Gasteiger partial charge on any atom is 0.123 e. The summed E-state index contributed by atoms with van der Waals surface area (Å²) < 4.78 is 0. The standard InChI is InChI=1S/C15H19N3S/c1-12-10-18(8-7-16-12)11-14-9-17-15(19-14)13-5-3-2-4-6-13/h2-6,9,12,16H,7-8,10-11H2,1H3/t12-/m0/s1. The van der Waals surface area contributed by atoms with Gasteiger partial charge in [0.25, 0.3) is 0 Å². The number of hydrogen-bond acceptors (Lipinski definition) is 4. The van der Waals surface area contributed by atoms with Crippen molar-refractivity contribution in [2.24, 2.45) is 0 Å². The maximum atomic E-state index is 4.55. The molecule has 0 amide bonds. The smallest absolute Gasteiger partial charge is 0.123 e. The second-order valence-corrected chi connectivity index (χ2v) is 6.20. The third kappa shape index (κ3) is 3.21. The second-order valence-electron chi connectivity index (χ2n) is 5.09. The first kappa shape index (κ1) is 12.8. The molecule has 1 aromatic heterocycles. The Balaban J connectivity index is 1.68. The molecule has 2 aromatic rings. The molecule has 3 nitrogen and oxygen atoms in total. The first-order valence-corrected chi connectivity index (χ1v) is 7.59. The van der Waals surface area contributed by atoms with Crippen LogP contribution in [-0.4, -0.2) is 35.6 Å². The Hall–Kier alpha value is -1.23. The summed E-state index contributed by atoms with van der Waals surface area (Å²) in [5.41, 5.74) is 1.22. The number of hydrogen-bond donors (Lipinski definition) is 1. The molecule has 19 heavy (non-hydrogen) atoms. The normalized spacial score (nSPS) is 20.6. The molecule has 0 aliphatic carbocycles. The van der Waals surface area contributed by atoms with Crippen LogP contribution in [0.3, 0.4) is 0 Å². The van der Waals surface area contributed by atoms with Crippen LogP contribution in [-0.2, 0) is 6.54 Å². The fraction of sp³-hybridized carbons (Fsp3) is 0.400. The lowest BCUT2D eigenvalue weighted by Crippen LogP contribution is -2.48. The Morgan fingerprint density at radius 3 is 3.00 bits per heavy atom. The lowest BCUT2D eigenvalue weighted by Gasteiger charge is -2.31. The predicted octanol–water partition coefficient (Wildman–Crippen LogP) is 2.60. The minimum Gasteiger partial charge on any atom is -0.312 e. The lowest BCUT2D eigenvalue weighted by atomic mass is 10.2. The molecule has 0 spiro atoms. The first-order valence-electron chi connectivity index (χ1n) is 6.77. The van der Waals surface area contributed by atoms with Gasteiger partial charge in [0, 0.05) is 48.9 Å². The van der Waals surface area contributed by atoms with Gasteiger partial charge in [0.15, 0.2) is 0 Å². The van der Waals surface area contributed by atoms with Crippen LogP contribution in [0, 0.1) is 0 Å². The maximum absolute atomic E-state index is 4.55. The highest BCUT2D eigenvalue weighted by Gasteiger charge is 2.16. The van der Waals surface area contributed by atoms with Gasteiger partial charge in [0.1, 0.15) is 5.01 Å². The molecule has 2 heterocycles. The molecule has 1 atom stereocenters. The summed E-state index contributed by atoms with van der Waals surface area (Å²) in [6, 6.07) is 11.0. The van der Waals surface area contributed by atoms with Crippen LogP contribution in [0.2, 0.25) is 0 Å². The van der Waals surface area contributed by atoms with Gasteiger partial charge in [-0.3, -0.25) is 4.90 Å². The van der Waals surface area contributed by atoms with Crippen molar-refractivity contribution in [3.63, 3.8) is 0 Å². The molecule has 1 fully saturated rings. The monoisotopic (exact) mass is 273 g/mol. The molecular formula is C15H19N3S. The van der Waals surface area contributed by atoms with E-state index in [4.69, 9.17) is 0 Å². The Bertz CT molecular complexity index is 523. The molecule has 0 saturated carbocycles. The summed E-state index contributed by atoms with van der Waals surface area (Å²) in [5, 5.41) is 4.60. The summed E-state index contributed by atoms with van der Waals surface area (Å²) in [6.07, 6.45) is 2.03. The van der Waals surface area contributed by atoms with E-state index in [1.165, 1.54) is 10.4 Å². The van der Waals surface area contributed by atoms with Crippen LogP contribution in [0.15, 0.2) is 36.5 Å². The zero-order chi connectivity index (χ0) is 13.1. The zero-order valence-electron chi connectivity index (χ0n) is 11.2. The predicted molar refractivity (Wildman–Crippen MR) is 80.3 cm³/mol. The van der Waals surface area contributed by atoms with Crippen LogP contribution in [0.4, 0.5) is 0 Å². The highest BCUT2D eigenvalue weighted by Crippen LogP contribution is 2.25. The van der Waals surface area contributed by atoms with E-state index in [1.807, 2.05) is 23.6 Å². The molecule has 1 aromatic carbocycles. The van der Waals surface area contributed by atoms with Crippen LogP contribution >= 0.6 is 11.3 Å². The van der Waals surface area contributed by atoms with Crippen molar-refractivity contribution >= 4 is 11.3 Å². The second kappa shape index (κ2) is 5.82. The highest BCUT2D eigenvalue weighted by molar-refractivity contribution is 7.15. The molecule has 0 radical (unpaired) electrons. The summed E-state index contributed by atoms with van der Waals surface area (Å²) in [5.74, 6) is 0. The molecule has 0 bridgehead atoms. The van der Waals surface area contributed by atoms with Crippen LogP contribution in [0.1, 0.15) is 11.8 Å². The molecule has 1 aliphatic heterocycles. The zero-order valence-corrected chi connectivity index (χ0v) is 12.0. The quantitative estimate of drug-likeness (QED) is 0.931. The van der Waals surface area contributed by atoms with Gasteiger partial charge in [-0.1, -0.05) is 30.3 Å². The van der Waals surface area contributed by atoms with E-state index < -0.39 is 0 Å². The van der Waals surface area contributed by atoms with Crippen LogP contribution < -0.4 is 5.32 Å². The number of piperazine rings is 1. The van der Waals surface area contributed by atoms with Crippen molar-refractivity contribution in [2.45, 2.75) is 19.5 Å².